The molecule has 1 unspecified atom stereocenters. The van der Waals surface area contributed by atoms with Gasteiger partial charge < -0.3 is 19.3 Å². The van der Waals surface area contributed by atoms with Crippen LogP contribution in [0.3, 0.4) is 0 Å². The zero-order valence-electron chi connectivity index (χ0n) is 28.1. The minimum atomic E-state index is -4.74. The minimum absolute atomic E-state index is 0.209. The SMILES string of the molecule is CCCCC/C=C\C/C=C\CCCCCCCCCCCC(=O)OC(COC(=O)CCCCCCCCC)COP(=O)(O)O. The van der Waals surface area contributed by atoms with Crippen molar-refractivity contribution in [3.8, 4) is 0 Å². The molecule has 0 bridgehead atoms. The molecule has 0 aliphatic heterocycles. The quantitative estimate of drug-likeness (QED) is 0.0321. The number of rotatable bonds is 32. The van der Waals surface area contributed by atoms with Crippen LogP contribution in [-0.2, 0) is 28.2 Å². The van der Waals surface area contributed by atoms with E-state index >= 15 is 0 Å². The van der Waals surface area contributed by atoms with E-state index in [1.165, 1.54) is 77.0 Å². The molecular formula is C35H65O8P. The molecule has 258 valence electrons. The smallest absolute Gasteiger partial charge is 0.462 e. The number of phosphoric ester groups is 1. The second-order valence-corrected chi connectivity index (χ2v) is 13.1. The number of hydrogen-bond acceptors (Lipinski definition) is 6. The number of carbonyl (C=O) groups excluding carboxylic acids is 2. The summed E-state index contributed by atoms with van der Waals surface area (Å²) in [6.07, 6.45) is 33.5. The van der Waals surface area contributed by atoms with Gasteiger partial charge in [-0.1, -0.05) is 134 Å². The number of hydrogen-bond donors (Lipinski definition) is 2. The summed E-state index contributed by atoms with van der Waals surface area (Å²) in [7, 11) is -4.74. The van der Waals surface area contributed by atoms with Gasteiger partial charge in [0.05, 0.1) is 6.61 Å². The van der Waals surface area contributed by atoms with Crippen LogP contribution >= 0.6 is 7.82 Å². The van der Waals surface area contributed by atoms with Gasteiger partial charge in [0.2, 0.25) is 0 Å². The average molecular weight is 645 g/mol. The second kappa shape index (κ2) is 31.5. The maximum Gasteiger partial charge on any atom is 0.469 e. The van der Waals surface area contributed by atoms with E-state index in [1.54, 1.807) is 0 Å². The van der Waals surface area contributed by atoms with Crippen LogP contribution in [0.5, 0.6) is 0 Å². The van der Waals surface area contributed by atoms with E-state index in [1.807, 2.05) is 0 Å². The largest absolute Gasteiger partial charge is 0.469 e. The second-order valence-electron chi connectivity index (χ2n) is 11.8. The van der Waals surface area contributed by atoms with Crippen LogP contribution in [0.25, 0.3) is 0 Å². The summed E-state index contributed by atoms with van der Waals surface area (Å²) in [5.41, 5.74) is 0. The predicted molar refractivity (Wildman–Crippen MR) is 179 cm³/mol. The molecular weight excluding hydrogens is 579 g/mol. The lowest BCUT2D eigenvalue weighted by Gasteiger charge is -2.18. The fourth-order valence-corrected chi connectivity index (χ4v) is 5.17. The standard InChI is InChI=1S/C35H65O8P/c1-3-5-7-9-11-12-13-14-15-16-17-18-19-20-21-22-24-26-28-30-35(37)43-33(32-42-44(38,39)40)31-41-34(36)29-27-25-23-10-8-6-4-2/h11-12,14-15,33H,3-10,13,16-32H2,1-2H3,(H2,38,39,40)/b12-11-,15-14-. The third kappa shape index (κ3) is 33.4. The first kappa shape index (κ1) is 42.5. The molecule has 0 rings (SSSR count). The van der Waals surface area contributed by atoms with E-state index in [9.17, 15) is 14.2 Å². The number of phosphoric acid groups is 1. The summed E-state index contributed by atoms with van der Waals surface area (Å²) in [6.45, 7) is 3.59. The number of carbonyl (C=O) groups is 2. The van der Waals surface area contributed by atoms with Crippen LogP contribution in [0.2, 0.25) is 0 Å². The van der Waals surface area contributed by atoms with Crippen LogP contribution in [0.4, 0.5) is 0 Å². The fraction of sp³-hybridized carbons (Fsp3) is 0.829. The van der Waals surface area contributed by atoms with Crippen LogP contribution < -0.4 is 0 Å². The summed E-state index contributed by atoms with van der Waals surface area (Å²) < 4.78 is 26.1. The monoisotopic (exact) mass is 644 g/mol. The molecule has 0 heterocycles. The lowest BCUT2D eigenvalue weighted by atomic mass is 10.1. The van der Waals surface area contributed by atoms with Gasteiger partial charge in [-0.25, -0.2) is 4.57 Å². The third-order valence-corrected chi connectivity index (χ3v) is 7.96. The van der Waals surface area contributed by atoms with Gasteiger partial charge in [-0.2, -0.15) is 0 Å². The Labute approximate surface area is 269 Å². The Morgan fingerprint density at radius 1 is 0.591 bits per heavy atom. The average Bonchev–Trinajstić information content (AvgIpc) is 2.98. The van der Waals surface area contributed by atoms with E-state index in [0.717, 1.165) is 57.8 Å². The predicted octanol–water partition coefficient (Wildman–Crippen LogP) is 10.1. The minimum Gasteiger partial charge on any atom is -0.462 e. The third-order valence-electron chi connectivity index (χ3n) is 7.47. The van der Waals surface area contributed by atoms with E-state index < -0.39 is 32.5 Å². The Bertz CT molecular complexity index is 777. The van der Waals surface area contributed by atoms with Crippen molar-refractivity contribution in [3.63, 3.8) is 0 Å². The van der Waals surface area contributed by atoms with Crippen molar-refractivity contribution in [1.29, 1.82) is 0 Å². The highest BCUT2D eigenvalue weighted by Gasteiger charge is 2.22. The number of allylic oxidation sites excluding steroid dienone is 4. The van der Waals surface area contributed by atoms with Crippen molar-refractivity contribution in [3.05, 3.63) is 24.3 Å². The van der Waals surface area contributed by atoms with E-state index in [0.29, 0.717) is 6.42 Å². The summed E-state index contributed by atoms with van der Waals surface area (Å²) >= 11 is 0. The molecule has 0 radical (unpaired) electrons. The Kier molecular flexibility index (Phi) is 30.5. The molecule has 0 aliphatic rings. The summed E-state index contributed by atoms with van der Waals surface area (Å²) in [6, 6.07) is 0. The zero-order valence-corrected chi connectivity index (χ0v) is 29.0. The maximum absolute atomic E-state index is 12.3. The summed E-state index contributed by atoms with van der Waals surface area (Å²) in [4.78, 5) is 42.4. The molecule has 0 aromatic carbocycles. The van der Waals surface area contributed by atoms with E-state index in [-0.39, 0.29) is 19.4 Å². The highest BCUT2D eigenvalue weighted by molar-refractivity contribution is 7.46. The molecule has 0 aromatic heterocycles. The van der Waals surface area contributed by atoms with Crippen molar-refractivity contribution < 1.29 is 37.9 Å². The molecule has 0 fully saturated rings. The van der Waals surface area contributed by atoms with Crippen molar-refractivity contribution >= 4 is 19.8 Å². The first-order valence-corrected chi connectivity index (χ1v) is 19.2. The first-order chi connectivity index (χ1) is 21.3. The van der Waals surface area contributed by atoms with Crippen molar-refractivity contribution in [2.75, 3.05) is 13.2 Å². The number of esters is 2. The van der Waals surface area contributed by atoms with Crippen molar-refractivity contribution in [2.24, 2.45) is 0 Å². The maximum atomic E-state index is 12.3. The number of unbranched alkanes of at least 4 members (excludes halogenated alkanes) is 18. The topological polar surface area (TPSA) is 119 Å². The Morgan fingerprint density at radius 2 is 1.02 bits per heavy atom. The van der Waals surface area contributed by atoms with Crippen LogP contribution in [0.15, 0.2) is 24.3 Å². The molecule has 2 N–H and O–H groups in total. The number of ether oxygens (including phenoxy) is 2. The van der Waals surface area contributed by atoms with Gasteiger partial charge in [-0.3, -0.25) is 14.1 Å². The molecule has 8 nitrogen and oxygen atoms in total. The van der Waals surface area contributed by atoms with Crippen LogP contribution in [0, 0.1) is 0 Å². The van der Waals surface area contributed by atoms with Gasteiger partial charge in [0.25, 0.3) is 0 Å². The fourth-order valence-electron chi connectivity index (χ4n) is 4.81. The van der Waals surface area contributed by atoms with Gasteiger partial charge >= 0.3 is 19.8 Å². The van der Waals surface area contributed by atoms with Crippen LogP contribution in [0.1, 0.15) is 168 Å². The highest BCUT2D eigenvalue weighted by atomic mass is 31.2. The highest BCUT2D eigenvalue weighted by Crippen LogP contribution is 2.36. The van der Waals surface area contributed by atoms with Crippen LogP contribution in [-0.4, -0.2) is 41.0 Å². The molecule has 0 saturated carbocycles. The normalized spacial score (nSPS) is 12.7. The Morgan fingerprint density at radius 3 is 1.55 bits per heavy atom. The van der Waals surface area contributed by atoms with Crippen molar-refractivity contribution in [2.45, 2.75) is 174 Å². The van der Waals surface area contributed by atoms with Gasteiger partial charge in [-0.05, 0) is 44.9 Å². The van der Waals surface area contributed by atoms with Gasteiger partial charge in [0.15, 0.2) is 6.10 Å². The van der Waals surface area contributed by atoms with E-state index in [2.05, 4.69) is 42.7 Å². The molecule has 44 heavy (non-hydrogen) atoms. The molecule has 9 heteroatoms. The van der Waals surface area contributed by atoms with Crippen molar-refractivity contribution in [1.82, 2.24) is 0 Å². The van der Waals surface area contributed by atoms with Gasteiger partial charge in [0, 0.05) is 12.8 Å². The molecule has 0 aromatic rings. The van der Waals surface area contributed by atoms with Gasteiger partial charge in [0.1, 0.15) is 6.61 Å². The first-order valence-electron chi connectivity index (χ1n) is 17.6. The molecule has 0 aliphatic carbocycles. The lowest BCUT2D eigenvalue weighted by molar-refractivity contribution is -0.161. The molecule has 0 saturated heterocycles. The van der Waals surface area contributed by atoms with E-state index in [4.69, 9.17) is 19.3 Å². The molecule has 1 atom stereocenters. The zero-order chi connectivity index (χ0) is 32.6. The molecule has 0 amide bonds. The lowest BCUT2D eigenvalue weighted by Crippen LogP contribution is -2.29. The Balaban J connectivity index is 3.91. The Hall–Kier alpha value is -1.47. The summed E-state index contributed by atoms with van der Waals surface area (Å²) in [5.74, 6) is -0.895. The van der Waals surface area contributed by atoms with Gasteiger partial charge in [-0.15, -0.1) is 0 Å². The summed E-state index contributed by atoms with van der Waals surface area (Å²) in [5, 5.41) is 0. The molecule has 0 spiro atoms.